The molecule has 204 valence electrons. The Hall–Kier alpha value is -3.20. The molecule has 1 aromatic heterocycles. The summed E-state index contributed by atoms with van der Waals surface area (Å²) in [5.74, 6) is -1.78. The van der Waals surface area contributed by atoms with Crippen molar-refractivity contribution in [3.05, 3.63) is 91.7 Å². The van der Waals surface area contributed by atoms with Gasteiger partial charge in [-0.2, -0.15) is 0 Å². The number of hydrogen-bond acceptors (Lipinski definition) is 3. The number of nitrogens with one attached hydrogen (secondary N) is 2. The van der Waals surface area contributed by atoms with Crippen LogP contribution in [-0.2, 0) is 24.8 Å². The Morgan fingerprint density at radius 2 is 1.74 bits per heavy atom. The van der Waals surface area contributed by atoms with E-state index in [0.29, 0.717) is 38.0 Å². The molecule has 2 amide bonds. The summed E-state index contributed by atoms with van der Waals surface area (Å²) >= 11 is 19.0. The van der Waals surface area contributed by atoms with E-state index in [-0.39, 0.29) is 35.1 Å². The van der Waals surface area contributed by atoms with Gasteiger partial charge in [-0.15, -0.1) is 0 Å². The second-order valence-electron chi connectivity index (χ2n) is 10.1. The molecule has 0 saturated carbocycles. The van der Waals surface area contributed by atoms with Gasteiger partial charge in [0.15, 0.2) is 0 Å². The molecule has 0 radical (unpaired) electrons. The van der Waals surface area contributed by atoms with Gasteiger partial charge in [0, 0.05) is 47.2 Å². The van der Waals surface area contributed by atoms with Crippen molar-refractivity contribution in [2.75, 3.05) is 5.32 Å². The van der Waals surface area contributed by atoms with Gasteiger partial charge in [0.05, 0.1) is 21.6 Å². The molecule has 4 aromatic rings. The molecule has 0 saturated heterocycles. The average molecular weight is 594 g/mol. The van der Waals surface area contributed by atoms with Crippen molar-refractivity contribution in [1.29, 1.82) is 0 Å². The Kier molecular flexibility index (Phi) is 8.21. The van der Waals surface area contributed by atoms with Crippen LogP contribution in [0.25, 0.3) is 11.0 Å². The smallest absolute Gasteiger partial charge is 0.258 e. The van der Waals surface area contributed by atoms with Crippen molar-refractivity contribution in [3.63, 3.8) is 0 Å². The largest absolute Gasteiger partial charge is 0.352 e. The molecule has 0 aliphatic heterocycles. The Bertz CT molecular complexity index is 1590. The first kappa shape index (κ1) is 28.8. The molecular weight excluding hydrogens is 569 g/mol. The molecule has 0 aliphatic carbocycles. The third kappa shape index (κ3) is 6.35. The summed E-state index contributed by atoms with van der Waals surface area (Å²) in [6.07, 6.45) is 0.217. The molecule has 0 aliphatic rings. The number of nitrogens with zero attached hydrogens (tertiary/aromatic N) is 2. The first-order valence-electron chi connectivity index (χ1n) is 11.9. The maximum Gasteiger partial charge on any atom is 0.258 e. The summed E-state index contributed by atoms with van der Waals surface area (Å²) in [6, 6.07) is 9.51. The van der Waals surface area contributed by atoms with Crippen molar-refractivity contribution in [2.45, 2.75) is 33.7 Å². The van der Waals surface area contributed by atoms with Crippen LogP contribution in [0.15, 0.2) is 42.5 Å². The van der Waals surface area contributed by atoms with Crippen molar-refractivity contribution in [1.82, 2.24) is 14.9 Å². The quantitative estimate of drug-likeness (QED) is 0.246. The lowest BCUT2D eigenvalue weighted by atomic mass is 9.95. The molecule has 11 heteroatoms. The molecule has 0 atom stereocenters. The van der Waals surface area contributed by atoms with Crippen LogP contribution < -0.4 is 10.6 Å². The highest BCUT2D eigenvalue weighted by atomic mass is 35.5. The molecule has 4 rings (SSSR count). The fourth-order valence-electron chi connectivity index (χ4n) is 3.96. The standard InChI is InChI=1S/C28H25Cl3F2N4O2/c1-28(2,3)27(39)34-13-14-5-6-20(30)18(25(14)31)11-24-36-22-10-19(21(33)12-23(22)37(24)4)26(38)35-17-8-15(29)7-16(32)9-17/h5-10,12H,11,13H2,1-4H3,(H,34,39)(H,35,38). The summed E-state index contributed by atoms with van der Waals surface area (Å²) in [4.78, 5) is 29.7. The van der Waals surface area contributed by atoms with Crippen LogP contribution in [0, 0.1) is 17.0 Å². The fraction of sp³-hybridized carbons (Fsp3) is 0.250. The van der Waals surface area contributed by atoms with Crippen LogP contribution in [0.2, 0.25) is 15.1 Å². The molecule has 0 spiro atoms. The van der Waals surface area contributed by atoms with E-state index in [9.17, 15) is 18.4 Å². The van der Waals surface area contributed by atoms with Gasteiger partial charge in [0.25, 0.3) is 5.91 Å². The SMILES string of the molecule is Cn1c(Cc2c(Cl)ccc(CNC(=O)C(C)(C)C)c2Cl)nc2cc(C(=O)Nc3cc(F)cc(Cl)c3)c(F)cc21. The minimum Gasteiger partial charge on any atom is -0.352 e. The normalized spacial score (nSPS) is 11.6. The zero-order valence-corrected chi connectivity index (χ0v) is 23.8. The van der Waals surface area contributed by atoms with E-state index in [1.165, 1.54) is 18.2 Å². The third-order valence-corrected chi connectivity index (χ3v) is 7.19. The summed E-state index contributed by atoms with van der Waals surface area (Å²) in [7, 11) is 1.72. The topological polar surface area (TPSA) is 76.0 Å². The van der Waals surface area contributed by atoms with Crippen LogP contribution >= 0.6 is 34.8 Å². The van der Waals surface area contributed by atoms with E-state index in [1.807, 2.05) is 20.8 Å². The van der Waals surface area contributed by atoms with Crippen molar-refractivity contribution < 1.29 is 18.4 Å². The summed E-state index contributed by atoms with van der Waals surface area (Å²) in [5, 5.41) is 6.23. The lowest BCUT2D eigenvalue weighted by Gasteiger charge is -2.18. The maximum atomic E-state index is 15.0. The predicted octanol–water partition coefficient (Wildman–Crippen LogP) is 7.32. The van der Waals surface area contributed by atoms with E-state index in [1.54, 1.807) is 23.7 Å². The average Bonchev–Trinajstić information content (AvgIpc) is 3.13. The van der Waals surface area contributed by atoms with Gasteiger partial charge in [-0.25, -0.2) is 13.8 Å². The van der Waals surface area contributed by atoms with Crippen molar-refractivity contribution in [3.8, 4) is 0 Å². The molecule has 0 unspecified atom stereocenters. The van der Waals surface area contributed by atoms with E-state index in [2.05, 4.69) is 15.6 Å². The lowest BCUT2D eigenvalue weighted by molar-refractivity contribution is -0.128. The first-order valence-corrected chi connectivity index (χ1v) is 13.0. The summed E-state index contributed by atoms with van der Waals surface area (Å²) < 4.78 is 30.3. The van der Waals surface area contributed by atoms with Crippen LogP contribution in [-0.4, -0.2) is 21.4 Å². The van der Waals surface area contributed by atoms with Crippen molar-refractivity contribution in [2.24, 2.45) is 12.5 Å². The lowest BCUT2D eigenvalue weighted by Crippen LogP contribution is -2.34. The second-order valence-corrected chi connectivity index (χ2v) is 11.4. The highest BCUT2D eigenvalue weighted by Crippen LogP contribution is 2.32. The highest BCUT2D eigenvalue weighted by Gasteiger charge is 2.22. The fourth-order valence-corrected chi connectivity index (χ4v) is 4.76. The van der Waals surface area contributed by atoms with E-state index in [0.717, 1.165) is 12.1 Å². The zero-order chi connectivity index (χ0) is 28.6. The first-order chi connectivity index (χ1) is 18.2. The number of aromatic nitrogens is 2. The number of hydrogen-bond donors (Lipinski definition) is 2. The van der Waals surface area contributed by atoms with Crippen LogP contribution in [0.1, 0.15) is 48.1 Å². The van der Waals surface area contributed by atoms with Gasteiger partial charge < -0.3 is 15.2 Å². The number of halogens is 5. The van der Waals surface area contributed by atoms with E-state index in [4.69, 9.17) is 34.8 Å². The van der Waals surface area contributed by atoms with Gasteiger partial charge in [-0.3, -0.25) is 9.59 Å². The molecule has 39 heavy (non-hydrogen) atoms. The van der Waals surface area contributed by atoms with Gasteiger partial charge >= 0.3 is 0 Å². The Morgan fingerprint density at radius 1 is 1.03 bits per heavy atom. The number of fused-ring (bicyclic) bond motifs is 1. The number of aryl methyl sites for hydroxylation is 1. The molecule has 0 fully saturated rings. The number of anilines is 1. The minimum absolute atomic E-state index is 0.0913. The van der Waals surface area contributed by atoms with Crippen LogP contribution in [0.4, 0.5) is 14.5 Å². The monoisotopic (exact) mass is 592 g/mol. The molecule has 0 bridgehead atoms. The highest BCUT2D eigenvalue weighted by molar-refractivity contribution is 6.36. The Morgan fingerprint density at radius 3 is 2.41 bits per heavy atom. The summed E-state index contributed by atoms with van der Waals surface area (Å²) in [6.45, 7) is 5.68. The van der Waals surface area contributed by atoms with E-state index >= 15 is 0 Å². The zero-order valence-electron chi connectivity index (χ0n) is 21.6. The van der Waals surface area contributed by atoms with Gasteiger partial charge in [-0.05, 0) is 41.5 Å². The van der Waals surface area contributed by atoms with Gasteiger partial charge in [0.1, 0.15) is 17.5 Å². The van der Waals surface area contributed by atoms with Crippen LogP contribution in [0.5, 0.6) is 0 Å². The minimum atomic E-state index is -0.778. The van der Waals surface area contributed by atoms with Gasteiger partial charge in [-0.1, -0.05) is 61.6 Å². The summed E-state index contributed by atoms with van der Waals surface area (Å²) in [5.41, 5.74) is 1.39. The number of imidazole rings is 1. The molecule has 3 aromatic carbocycles. The number of carbonyl (C=O) groups is 2. The number of rotatable bonds is 6. The Balaban J connectivity index is 1.62. The number of carbonyl (C=O) groups excluding carboxylic acids is 2. The Labute approximate surface area is 239 Å². The second kappa shape index (κ2) is 11.1. The molecule has 6 nitrogen and oxygen atoms in total. The van der Waals surface area contributed by atoms with Gasteiger partial charge in [0.2, 0.25) is 5.91 Å². The number of benzene rings is 3. The van der Waals surface area contributed by atoms with Crippen LogP contribution in [0.3, 0.4) is 0 Å². The molecule has 2 N–H and O–H groups in total. The third-order valence-electron chi connectivity index (χ3n) is 6.15. The van der Waals surface area contributed by atoms with E-state index < -0.39 is 23.0 Å². The maximum absolute atomic E-state index is 15.0. The predicted molar refractivity (Wildman–Crippen MR) is 151 cm³/mol. The molecule has 1 heterocycles. The molecular formula is C28H25Cl3F2N4O2. The van der Waals surface area contributed by atoms with Crippen molar-refractivity contribution >= 4 is 63.3 Å². The number of amides is 2.